The fourth-order valence-electron chi connectivity index (χ4n) is 2.76. The van der Waals surface area contributed by atoms with Gasteiger partial charge in [0.2, 0.25) is 5.91 Å². The molecule has 1 aromatic carbocycles. The lowest BCUT2D eigenvalue weighted by molar-refractivity contribution is -0.147. The molecule has 162 valence electrons. The van der Waals surface area contributed by atoms with E-state index in [0.29, 0.717) is 22.9 Å². The molecule has 1 aromatic heterocycles. The Hall–Kier alpha value is -2.67. The number of thiophene rings is 1. The number of rotatable bonds is 8. The van der Waals surface area contributed by atoms with Crippen molar-refractivity contribution >= 4 is 34.1 Å². The van der Waals surface area contributed by atoms with Crippen LogP contribution in [0.5, 0.6) is 0 Å². The molecule has 0 spiro atoms. The van der Waals surface area contributed by atoms with Crippen LogP contribution in [-0.4, -0.2) is 30.9 Å². The molecule has 0 aliphatic rings. The first kappa shape index (κ1) is 23.6. The highest BCUT2D eigenvalue weighted by molar-refractivity contribution is 7.18. The zero-order valence-electron chi connectivity index (χ0n) is 18.2. The molecule has 0 fully saturated rings. The van der Waals surface area contributed by atoms with E-state index in [1.807, 2.05) is 58.0 Å². The molecule has 2 aromatic rings. The molecule has 0 aliphatic carbocycles. The second kappa shape index (κ2) is 10.4. The largest absolute Gasteiger partial charge is 0.466 e. The summed E-state index contributed by atoms with van der Waals surface area (Å²) >= 11 is 1.23. The lowest BCUT2D eigenvalue weighted by atomic mass is 9.96. The van der Waals surface area contributed by atoms with Gasteiger partial charge in [0.05, 0.1) is 22.4 Å². The third kappa shape index (κ3) is 6.69. The molecule has 0 bridgehead atoms. The van der Waals surface area contributed by atoms with E-state index in [2.05, 4.69) is 10.6 Å². The minimum Gasteiger partial charge on any atom is -0.466 e. The molecule has 2 rings (SSSR count). The minimum atomic E-state index is -0.523. The number of carbonyl (C=O) groups is 3. The normalized spacial score (nSPS) is 12.2. The van der Waals surface area contributed by atoms with Gasteiger partial charge in [-0.1, -0.05) is 51.1 Å². The van der Waals surface area contributed by atoms with E-state index >= 15 is 0 Å². The summed E-state index contributed by atoms with van der Waals surface area (Å²) in [7, 11) is 0. The molecule has 30 heavy (non-hydrogen) atoms. The number of esters is 1. The van der Waals surface area contributed by atoms with Gasteiger partial charge in [-0.15, -0.1) is 11.3 Å². The topological polar surface area (TPSA) is 84.5 Å². The first-order valence-corrected chi connectivity index (χ1v) is 10.8. The van der Waals surface area contributed by atoms with Crippen LogP contribution < -0.4 is 10.6 Å². The Morgan fingerprint density at radius 2 is 1.80 bits per heavy atom. The van der Waals surface area contributed by atoms with E-state index < -0.39 is 11.3 Å². The number of hydrogen-bond acceptors (Lipinski definition) is 5. The van der Waals surface area contributed by atoms with Gasteiger partial charge >= 0.3 is 5.97 Å². The van der Waals surface area contributed by atoms with Crippen LogP contribution in [0.1, 0.15) is 48.5 Å². The fourth-order valence-corrected chi connectivity index (χ4v) is 3.75. The van der Waals surface area contributed by atoms with E-state index in [1.54, 1.807) is 13.0 Å². The number of carbonyl (C=O) groups excluding carboxylic acids is 3. The third-order valence-electron chi connectivity index (χ3n) is 4.50. The Bertz CT molecular complexity index is 884. The van der Waals surface area contributed by atoms with Crippen molar-refractivity contribution in [3.63, 3.8) is 0 Å². The maximum Gasteiger partial charge on any atom is 0.311 e. The molecule has 0 aliphatic heterocycles. The lowest BCUT2D eigenvalue weighted by Gasteiger charge is -2.17. The Morgan fingerprint density at radius 1 is 1.13 bits per heavy atom. The van der Waals surface area contributed by atoms with Gasteiger partial charge in [0.15, 0.2) is 0 Å². The minimum absolute atomic E-state index is 0.110. The van der Waals surface area contributed by atoms with Gasteiger partial charge in [0.1, 0.15) is 0 Å². The average molecular weight is 431 g/mol. The smallest absolute Gasteiger partial charge is 0.311 e. The van der Waals surface area contributed by atoms with Gasteiger partial charge in [-0.2, -0.15) is 0 Å². The van der Waals surface area contributed by atoms with Crippen LogP contribution in [-0.2, 0) is 20.7 Å². The van der Waals surface area contributed by atoms with Crippen LogP contribution in [0.4, 0.5) is 5.00 Å². The van der Waals surface area contributed by atoms with Gasteiger partial charge in [0, 0.05) is 12.0 Å². The molecule has 1 atom stereocenters. The van der Waals surface area contributed by atoms with E-state index in [-0.39, 0.29) is 24.3 Å². The summed E-state index contributed by atoms with van der Waals surface area (Å²) < 4.78 is 5.18. The second-order valence-electron chi connectivity index (χ2n) is 8.18. The van der Waals surface area contributed by atoms with Crippen LogP contribution in [0, 0.1) is 18.3 Å². The molecule has 7 heteroatoms. The van der Waals surface area contributed by atoms with Crippen LogP contribution in [0.25, 0.3) is 0 Å². The Morgan fingerprint density at radius 3 is 2.40 bits per heavy atom. The Labute approximate surface area is 182 Å². The average Bonchev–Trinajstić information content (AvgIpc) is 3.05. The van der Waals surface area contributed by atoms with Crippen LogP contribution in [0.2, 0.25) is 0 Å². The first-order chi connectivity index (χ1) is 14.1. The fraction of sp³-hybridized carbons (Fsp3) is 0.435. The first-order valence-electron chi connectivity index (χ1n) is 10.0. The number of anilines is 1. The van der Waals surface area contributed by atoms with Crippen molar-refractivity contribution in [3.05, 3.63) is 52.4 Å². The molecule has 0 saturated heterocycles. The quantitative estimate of drug-likeness (QED) is 0.615. The highest BCUT2D eigenvalue weighted by atomic mass is 32.1. The molecule has 6 nitrogen and oxygen atoms in total. The Balaban J connectivity index is 2.05. The molecule has 1 heterocycles. The predicted octanol–water partition coefficient (Wildman–Crippen LogP) is 4.19. The van der Waals surface area contributed by atoms with Gasteiger partial charge in [-0.25, -0.2) is 0 Å². The standard InChI is InChI=1S/C23H30N2O4S/c1-6-29-21(27)17(13-16-10-8-7-9-11-16)14-24-20(26)19-15(2)12-18(30-19)25-22(28)23(3,4)5/h7-12,17H,6,13-14H2,1-5H3,(H,24,26)(H,25,28). The van der Waals surface area contributed by atoms with Crippen molar-refractivity contribution in [1.82, 2.24) is 5.32 Å². The van der Waals surface area contributed by atoms with Crippen molar-refractivity contribution in [2.75, 3.05) is 18.5 Å². The summed E-state index contributed by atoms with van der Waals surface area (Å²) in [6.45, 7) is 9.55. The highest BCUT2D eigenvalue weighted by Gasteiger charge is 2.24. The summed E-state index contributed by atoms with van der Waals surface area (Å²) in [5, 5.41) is 6.34. The number of aryl methyl sites for hydroxylation is 1. The zero-order valence-corrected chi connectivity index (χ0v) is 19.0. The predicted molar refractivity (Wildman–Crippen MR) is 120 cm³/mol. The van der Waals surface area contributed by atoms with E-state index in [9.17, 15) is 14.4 Å². The molecule has 2 N–H and O–H groups in total. The van der Waals surface area contributed by atoms with E-state index in [0.717, 1.165) is 11.1 Å². The van der Waals surface area contributed by atoms with Crippen molar-refractivity contribution in [2.45, 2.75) is 41.0 Å². The number of nitrogens with one attached hydrogen (secondary N) is 2. The maximum absolute atomic E-state index is 12.7. The Kier molecular flexibility index (Phi) is 8.17. The zero-order chi connectivity index (χ0) is 22.3. The van der Waals surface area contributed by atoms with Gasteiger partial charge in [-0.05, 0) is 37.5 Å². The summed E-state index contributed by atoms with van der Waals surface area (Å²) in [4.78, 5) is 37.8. The summed E-state index contributed by atoms with van der Waals surface area (Å²) in [5.41, 5.74) is 1.26. The van der Waals surface area contributed by atoms with E-state index in [1.165, 1.54) is 11.3 Å². The van der Waals surface area contributed by atoms with Crippen LogP contribution in [0.3, 0.4) is 0 Å². The SMILES string of the molecule is CCOC(=O)C(CNC(=O)c1sc(NC(=O)C(C)(C)C)cc1C)Cc1ccccc1. The maximum atomic E-state index is 12.7. The molecule has 1 unspecified atom stereocenters. The highest BCUT2D eigenvalue weighted by Crippen LogP contribution is 2.28. The van der Waals surface area contributed by atoms with Gasteiger partial charge in [-0.3, -0.25) is 14.4 Å². The van der Waals surface area contributed by atoms with Crippen molar-refractivity contribution in [2.24, 2.45) is 11.3 Å². The monoisotopic (exact) mass is 430 g/mol. The molecular weight excluding hydrogens is 400 g/mol. The summed E-state index contributed by atoms with van der Waals surface area (Å²) in [5.74, 6) is -1.18. The summed E-state index contributed by atoms with van der Waals surface area (Å²) in [6.07, 6.45) is 0.482. The van der Waals surface area contributed by atoms with Gasteiger partial charge < -0.3 is 15.4 Å². The molecule has 0 radical (unpaired) electrons. The number of hydrogen-bond donors (Lipinski definition) is 2. The summed E-state index contributed by atoms with van der Waals surface area (Å²) in [6, 6.07) is 11.4. The molecular formula is C23H30N2O4S. The molecule has 0 saturated carbocycles. The molecule has 2 amide bonds. The number of ether oxygens (including phenoxy) is 1. The van der Waals surface area contributed by atoms with Crippen LogP contribution in [0.15, 0.2) is 36.4 Å². The second-order valence-corrected chi connectivity index (χ2v) is 9.23. The lowest BCUT2D eigenvalue weighted by Crippen LogP contribution is -2.35. The van der Waals surface area contributed by atoms with Crippen LogP contribution >= 0.6 is 11.3 Å². The number of amides is 2. The van der Waals surface area contributed by atoms with E-state index in [4.69, 9.17) is 4.74 Å². The van der Waals surface area contributed by atoms with Crippen molar-refractivity contribution in [1.29, 1.82) is 0 Å². The van der Waals surface area contributed by atoms with Crippen molar-refractivity contribution in [3.8, 4) is 0 Å². The number of benzene rings is 1. The van der Waals surface area contributed by atoms with Gasteiger partial charge in [0.25, 0.3) is 5.91 Å². The third-order valence-corrected chi connectivity index (χ3v) is 5.65. The van der Waals surface area contributed by atoms with Crippen molar-refractivity contribution < 1.29 is 19.1 Å².